The molecule has 110 valence electrons. The standard InChI is InChI=1S/C11H15N3O6/c15-6-10(17)11(18)9(16)5-12-13-7-1-3-8(4-2-7)14(19)20/h1-5,9-11,13,15-18H,6H2/t9-,10+,11+/m0/s1. The molecule has 9 nitrogen and oxygen atoms in total. The number of aliphatic hydroxyl groups is 4. The molecule has 0 saturated heterocycles. The second kappa shape index (κ2) is 7.50. The Bertz CT molecular complexity index is 464. The molecule has 0 amide bonds. The predicted molar refractivity (Wildman–Crippen MR) is 70.3 cm³/mol. The largest absolute Gasteiger partial charge is 0.394 e. The highest BCUT2D eigenvalue weighted by Gasteiger charge is 2.22. The molecule has 0 radical (unpaired) electrons. The third-order valence-corrected chi connectivity index (χ3v) is 2.43. The minimum atomic E-state index is -1.57. The molecule has 0 heterocycles. The van der Waals surface area contributed by atoms with Gasteiger partial charge in [-0.3, -0.25) is 15.5 Å². The van der Waals surface area contributed by atoms with E-state index >= 15 is 0 Å². The summed E-state index contributed by atoms with van der Waals surface area (Å²) in [6, 6.07) is 5.39. The van der Waals surface area contributed by atoms with Gasteiger partial charge in [-0.15, -0.1) is 0 Å². The number of anilines is 1. The number of hydrogen-bond donors (Lipinski definition) is 5. The summed E-state index contributed by atoms with van der Waals surface area (Å²) >= 11 is 0. The van der Waals surface area contributed by atoms with Crippen LogP contribution in [0.5, 0.6) is 0 Å². The lowest BCUT2D eigenvalue weighted by molar-refractivity contribution is -0.384. The Morgan fingerprint density at radius 2 is 1.90 bits per heavy atom. The number of aliphatic hydroxyl groups excluding tert-OH is 4. The molecule has 0 aliphatic carbocycles. The van der Waals surface area contributed by atoms with Crippen molar-refractivity contribution >= 4 is 17.6 Å². The van der Waals surface area contributed by atoms with Gasteiger partial charge in [0, 0.05) is 12.1 Å². The SMILES string of the molecule is O=[N+]([O-])c1ccc(NN=C[C@H](O)[C@@H](O)[C@H](O)CO)cc1. The minimum Gasteiger partial charge on any atom is -0.394 e. The Labute approximate surface area is 114 Å². The zero-order valence-electron chi connectivity index (χ0n) is 10.3. The quantitative estimate of drug-likeness (QED) is 0.247. The highest BCUT2D eigenvalue weighted by Crippen LogP contribution is 2.15. The molecule has 0 spiro atoms. The van der Waals surface area contributed by atoms with Crippen LogP contribution in [0.3, 0.4) is 0 Å². The van der Waals surface area contributed by atoms with Crippen LogP contribution in [0.15, 0.2) is 29.4 Å². The van der Waals surface area contributed by atoms with Crippen LogP contribution in [0.1, 0.15) is 0 Å². The van der Waals surface area contributed by atoms with Gasteiger partial charge in [-0.2, -0.15) is 5.10 Å². The number of non-ortho nitro benzene ring substituents is 1. The van der Waals surface area contributed by atoms with E-state index in [2.05, 4.69) is 10.5 Å². The molecule has 0 aliphatic rings. The first-order valence-corrected chi connectivity index (χ1v) is 5.64. The van der Waals surface area contributed by atoms with Gasteiger partial charge in [0.15, 0.2) is 0 Å². The van der Waals surface area contributed by atoms with E-state index in [9.17, 15) is 20.3 Å². The molecule has 0 aliphatic heterocycles. The van der Waals surface area contributed by atoms with Gasteiger partial charge in [-0.25, -0.2) is 0 Å². The van der Waals surface area contributed by atoms with Gasteiger partial charge in [0.05, 0.1) is 23.4 Å². The third-order valence-electron chi connectivity index (χ3n) is 2.43. The summed E-state index contributed by atoms with van der Waals surface area (Å²) in [6.45, 7) is -0.693. The van der Waals surface area contributed by atoms with E-state index in [-0.39, 0.29) is 5.69 Å². The van der Waals surface area contributed by atoms with E-state index in [1.54, 1.807) is 0 Å². The van der Waals surface area contributed by atoms with Crippen molar-refractivity contribution in [1.29, 1.82) is 0 Å². The van der Waals surface area contributed by atoms with E-state index in [4.69, 9.17) is 10.2 Å². The normalized spacial score (nSPS) is 15.8. The molecule has 1 aromatic carbocycles. The molecule has 0 aromatic heterocycles. The second-order valence-corrected chi connectivity index (χ2v) is 3.93. The Balaban J connectivity index is 2.53. The number of benzene rings is 1. The molecule has 0 fully saturated rings. The molecule has 9 heteroatoms. The van der Waals surface area contributed by atoms with Crippen LogP contribution < -0.4 is 5.43 Å². The van der Waals surface area contributed by atoms with Gasteiger partial charge in [-0.1, -0.05) is 0 Å². The summed E-state index contributed by atoms with van der Waals surface area (Å²) in [4.78, 5) is 9.90. The molecule has 3 atom stereocenters. The Hall–Kier alpha value is -2.07. The lowest BCUT2D eigenvalue weighted by Crippen LogP contribution is -2.40. The van der Waals surface area contributed by atoms with Crippen molar-refractivity contribution < 1.29 is 25.3 Å². The maximum atomic E-state index is 10.4. The number of nitrogens with one attached hydrogen (secondary N) is 1. The van der Waals surface area contributed by atoms with E-state index in [1.807, 2.05) is 0 Å². The van der Waals surface area contributed by atoms with E-state index in [1.165, 1.54) is 24.3 Å². The van der Waals surface area contributed by atoms with Gasteiger partial charge in [0.25, 0.3) is 5.69 Å². The Morgan fingerprint density at radius 3 is 2.40 bits per heavy atom. The maximum Gasteiger partial charge on any atom is 0.269 e. The molecule has 1 rings (SSSR count). The average Bonchev–Trinajstić information content (AvgIpc) is 2.45. The summed E-state index contributed by atoms with van der Waals surface area (Å²) in [5.74, 6) is 0. The van der Waals surface area contributed by atoms with Crippen molar-refractivity contribution in [1.82, 2.24) is 0 Å². The van der Waals surface area contributed by atoms with Crippen LogP contribution in [0.25, 0.3) is 0 Å². The van der Waals surface area contributed by atoms with Gasteiger partial charge >= 0.3 is 0 Å². The van der Waals surface area contributed by atoms with Crippen LogP contribution in [-0.4, -0.2) is 56.5 Å². The molecule has 0 saturated carbocycles. The first-order chi connectivity index (χ1) is 9.45. The number of hydrazone groups is 1. The number of nitro groups is 1. The van der Waals surface area contributed by atoms with Gasteiger partial charge in [0.1, 0.15) is 18.3 Å². The molecule has 0 unspecified atom stereocenters. The summed E-state index contributed by atoms with van der Waals surface area (Å²) in [7, 11) is 0. The topological polar surface area (TPSA) is 148 Å². The van der Waals surface area contributed by atoms with Crippen LogP contribution in [0.4, 0.5) is 11.4 Å². The fourth-order valence-electron chi connectivity index (χ4n) is 1.27. The second-order valence-electron chi connectivity index (χ2n) is 3.93. The summed E-state index contributed by atoms with van der Waals surface area (Å²) in [5.41, 5.74) is 2.86. The average molecular weight is 285 g/mol. The number of rotatable bonds is 7. The van der Waals surface area contributed by atoms with E-state index < -0.39 is 29.8 Å². The van der Waals surface area contributed by atoms with Crippen molar-refractivity contribution in [2.24, 2.45) is 5.10 Å². The summed E-state index contributed by atoms with van der Waals surface area (Å²) in [5, 5.41) is 50.5. The van der Waals surface area contributed by atoms with Gasteiger partial charge in [-0.05, 0) is 12.1 Å². The predicted octanol–water partition coefficient (Wildman–Crippen LogP) is -0.933. The number of nitrogens with zero attached hydrogens (tertiary/aromatic N) is 2. The summed E-state index contributed by atoms with van der Waals surface area (Å²) < 4.78 is 0. The van der Waals surface area contributed by atoms with Crippen LogP contribution in [-0.2, 0) is 0 Å². The minimum absolute atomic E-state index is 0.0685. The van der Waals surface area contributed by atoms with Gasteiger partial charge < -0.3 is 20.4 Å². The molecule has 1 aromatic rings. The van der Waals surface area contributed by atoms with Crippen molar-refractivity contribution in [2.45, 2.75) is 18.3 Å². The van der Waals surface area contributed by atoms with Crippen molar-refractivity contribution in [3.05, 3.63) is 34.4 Å². The lowest BCUT2D eigenvalue weighted by atomic mass is 10.1. The Morgan fingerprint density at radius 1 is 1.30 bits per heavy atom. The third kappa shape index (κ3) is 4.55. The van der Waals surface area contributed by atoms with Gasteiger partial charge in [0.2, 0.25) is 0 Å². The fourth-order valence-corrected chi connectivity index (χ4v) is 1.27. The van der Waals surface area contributed by atoms with Crippen molar-refractivity contribution in [3.8, 4) is 0 Å². The monoisotopic (exact) mass is 285 g/mol. The highest BCUT2D eigenvalue weighted by atomic mass is 16.6. The van der Waals surface area contributed by atoms with Crippen molar-refractivity contribution in [3.63, 3.8) is 0 Å². The van der Waals surface area contributed by atoms with Crippen molar-refractivity contribution in [2.75, 3.05) is 12.0 Å². The molecular weight excluding hydrogens is 270 g/mol. The zero-order chi connectivity index (χ0) is 15.1. The molecule has 5 N–H and O–H groups in total. The molecule has 0 bridgehead atoms. The van der Waals surface area contributed by atoms with E-state index in [0.717, 1.165) is 6.21 Å². The lowest BCUT2D eigenvalue weighted by Gasteiger charge is -2.18. The Kier molecular flexibility index (Phi) is 6.00. The first kappa shape index (κ1) is 16.0. The van der Waals surface area contributed by atoms with Crippen LogP contribution >= 0.6 is 0 Å². The first-order valence-electron chi connectivity index (χ1n) is 5.64. The number of hydrogen-bond acceptors (Lipinski definition) is 8. The number of nitro benzene ring substituents is 1. The molecular formula is C11H15N3O6. The smallest absolute Gasteiger partial charge is 0.269 e. The fraction of sp³-hybridized carbons (Fsp3) is 0.364. The van der Waals surface area contributed by atoms with Crippen LogP contribution in [0, 0.1) is 10.1 Å². The maximum absolute atomic E-state index is 10.4. The van der Waals surface area contributed by atoms with Crippen LogP contribution in [0.2, 0.25) is 0 Å². The zero-order valence-corrected chi connectivity index (χ0v) is 10.3. The molecule has 20 heavy (non-hydrogen) atoms. The van der Waals surface area contributed by atoms with E-state index in [0.29, 0.717) is 5.69 Å². The summed E-state index contributed by atoms with van der Waals surface area (Å²) in [6.07, 6.45) is -3.58. The highest BCUT2D eigenvalue weighted by molar-refractivity contribution is 5.65.